The maximum atomic E-state index is 13.5. The lowest BCUT2D eigenvalue weighted by Gasteiger charge is -2.35. The normalized spacial score (nSPS) is 26.7. The van der Waals surface area contributed by atoms with Gasteiger partial charge < -0.3 is 5.73 Å². The van der Waals surface area contributed by atoms with E-state index in [9.17, 15) is 9.59 Å². The molecule has 6 nitrogen and oxygen atoms in total. The zero-order valence-corrected chi connectivity index (χ0v) is 16.8. The first-order valence-corrected chi connectivity index (χ1v) is 10.3. The highest BCUT2D eigenvalue weighted by molar-refractivity contribution is 6.32. The fourth-order valence-electron chi connectivity index (χ4n) is 5.45. The first kappa shape index (κ1) is 18.7. The van der Waals surface area contributed by atoms with Crippen molar-refractivity contribution in [3.63, 3.8) is 0 Å². The number of carbonyl (C=O) groups is 2. The van der Waals surface area contributed by atoms with E-state index >= 15 is 0 Å². The third-order valence-corrected chi connectivity index (χ3v) is 6.99. The second-order valence-corrected chi connectivity index (χ2v) is 8.86. The van der Waals surface area contributed by atoms with Gasteiger partial charge in [0, 0.05) is 29.1 Å². The number of urea groups is 2. The molecule has 2 N–H and O–H groups in total. The molecule has 2 fully saturated rings. The minimum absolute atomic E-state index is 0.0818. The number of fused-ring (bicyclic) bond motifs is 2. The van der Waals surface area contributed by atoms with E-state index in [1.165, 1.54) is 12.8 Å². The van der Waals surface area contributed by atoms with Gasteiger partial charge in [-0.15, -0.1) is 4.48 Å². The van der Waals surface area contributed by atoms with Crippen LogP contribution in [0, 0.1) is 0 Å². The Morgan fingerprint density at radius 3 is 2.56 bits per heavy atom. The van der Waals surface area contributed by atoms with Gasteiger partial charge in [0.05, 0.1) is 0 Å². The van der Waals surface area contributed by atoms with E-state index in [0.717, 1.165) is 32.4 Å². The number of benzene rings is 1. The maximum Gasteiger partial charge on any atom is 0.438 e. The van der Waals surface area contributed by atoms with Gasteiger partial charge in [-0.2, -0.15) is 0 Å². The molecule has 1 aromatic carbocycles. The minimum atomic E-state index is -0.606. The molecule has 0 saturated carbocycles. The van der Waals surface area contributed by atoms with Gasteiger partial charge in [-0.1, -0.05) is 11.6 Å². The standard InChI is InChI=1S/C20H27ClN4O2/c1-14(2)24-16-13-15(21)5-6-17(16)25(18(22)26,19(24)27)12-9-20-7-3-10-23(20)11-4-8-20/h5-6,13-14H,3-4,7-12H2,1-2H3,(H-,22,26)/p+1. The van der Waals surface area contributed by atoms with Crippen molar-refractivity contribution in [1.82, 2.24) is 9.38 Å². The van der Waals surface area contributed by atoms with Crippen LogP contribution >= 0.6 is 11.6 Å². The quantitative estimate of drug-likeness (QED) is 0.786. The first-order valence-electron chi connectivity index (χ1n) is 9.89. The van der Waals surface area contributed by atoms with E-state index in [1.807, 2.05) is 13.8 Å². The molecule has 2 saturated heterocycles. The predicted molar refractivity (Wildman–Crippen MR) is 108 cm³/mol. The fourth-order valence-corrected chi connectivity index (χ4v) is 5.62. The zero-order valence-electron chi connectivity index (χ0n) is 16.1. The van der Waals surface area contributed by atoms with E-state index in [4.69, 9.17) is 17.3 Å². The van der Waals surface area contributed by atoms with Gasteiger partial charge in [-0.3, -0.25) is 9.80 Å². The van der Waals surface area contributed by atoms with Crippen LogP contribution in [0.3, 0.4) is 0 Å². The number of primary amides is 1. The van der Waals surface area contributed by atoms with E-state index in [-0.39, 0.29) is 17.6 Å². The molecule has 0 aliphatic carbocycles. The van der Waals surface area contributed by atoms with Gasteiger partial charge in [0.15, 0.2) is 5.69 Å². The van der Waals surface area contributed by atoms with Crippen molar-refractivity contribution in [2.24, 2.45) is 5.73 Å². The van der Waals surface area contributed by atoms with Crippen LogP contribution in [0.4, 0.5) is 21.0 Å². The van der Waals surface area contributed by atoms with Crippen LogP contribution in [0.1, 0.15) is 46.0 Å². The monoisotopic (exact) mass is 391 g/mol. The lowest BCUT2D eigenvalue weighted by molar-refractivity contribution is 0.159. The lowest BCUT2D eigenvalue weighted by atomic mass is 9.89. The van der Waals surface area contributed by atoms with Crippen LogP contribution in [-0.4, -0.2) is 48.2 Å². The van der Waals surface area contributed by atoms with Crippen molar-refractivity contribution in [1.29, 1.82) is 0 Å². The van der Waals surface area contributed by atoms with Gasteiger partial charge in [-0.05, 0) is 64.8 Å². The largest absolute Gasteiger partial charge is 0.438 e. The van der Waals surface area contributed by atoms with E-state index < -0.39 is 10.5 Å². The Labute approximate surface area is 165 Å². The third-order valence-electron chi connectivity index (χ3n) is 6.76. The number of nitrogens with zero attached hydrogens (tertiary/aromatic N) is 3. The number of carbonyl (C=O) groups excluding carboxylic acids is 2. The molecule has 1 unspecified atom stereocenters. The summed E-state index contributed by atoms with van der Waals surface area (Å²) in [5, 5.41) is 0.549. The Morgan fingerprint density at radius 2 is 1.96 bits per heavy atom. The number of amides is 4. The molecule has 3 aliphatic rings. The molecular weight excluding hydrogens is 364 g/mol. The van der Waals surface area contributed by atoms with Crippen LogP contribution in [0.25, 0.3) is 0 Å². The van der Waals surface area contributed by atoms with Crippen molar-refractivity contribution in [3.05, 3.63) is 23.2 Å². The zero-order chi connectivity index (χ0) is 19.4. The number of hydrogen-bond acceptors (Lipinski definition) is 3. The molecule has 3 aliphatic heterocycles. The molecule has 27 heavy (non-hydrogen) atoms. The number of nitrogens with two attached hydrogens (primary N) is 1. The average Bonchev–Trinajstić information content (AvgIpc) is 3.22. The highest BCUT2D eigenvalue weighted by Crippen LogP contribution is 2.48. The molecule has 1 aromatic rings. The lowest BCUT2D eigenvalue weighted by Crippen LogP contribution is -2.64. The highest BCUT2D eigenvalue weighted by Gasteiger charge is 2.58. The summed E-state index contributed by atoms with van der Waals surface area (Å²) >= 11 is 6.20. The van der Waals surface area contributed by atoms with Crippen molar-refractivity contribution in [2.45, 2.75) is 57.5 Å². The van der Waals surface area contributed by atoms with Crippen molar-refractivity contribution in [3.8, 4) is 0 Å². The Morgan fingerprint density at radius 1 is 1.30 bits per heavy atom. The first-order chi connectivity index (χ1) is 12.8. The molecule has 4 rings (SSSR count). The number of rotatable bonds is 4. The van der Waals surface area contributed by atoms with E-state index in [0.29, 0.717) is 22.9 Å². The van der Waals surface area contributed by atoms with Crippen molar-refractivity contribution >= 4 is 35.0 Å². The van der Waals surface area contributed by atoms with Crippen LogP contribution in [0.5, 0.6) is 0 Å². The van der Waals surface area contributed by atoms with Gasteiger partial charge in [0.25, 0.3) is 0 Å². The predicted octanol–water partition coefficient (Wildman–Crippen LogP) is 4.09. The molecule has 0 radical (unpaired) electrons. The highest BCUT2D eigenvalue weighted by atomic mass is 35.5. The summed E-state index contributed by atoms with van der Waals surface area (Å²) in [6.07, 6.45) is 5.46. The second kappa shape index (κ2) is 6.47. The summed E-state index contributed by atoms with van der Waals surface area (Å²) in [4.78, 5) is 30.5. The van der Waals surface area contributed by atoms with Gasteiger partial charge in [0.1, 0.15) is 12.2 Å². The number of imide groups is 1. The van der Waals surface area contributed by atoms with Gasteiger partial charge in [-0.25, -0.2) is 9.59 Å². The summed E-state index contributed by atoms with van der Waals surface area (Å²) in [5.74, 6) is 0. The second-order valence-electron chi connectivity index (χ2n) is 8.42. The summed E-state index contributed by atoms with van der Waals surface area (Å²) in [6, 6.07) is 4.36. The van der Waals surface area contributed by atoms with Crippen LogP contribution in [0.15, 0.2) is 18.2 Å². The average molecular weight is 392 g/mol. The molecule has 0 bridgehead atoms. The van der Waals surface area contributed by atoms with E-state index in [2.05, 4.69) is 4.90 Å². The Balaban J connectivity index is 1.75. The number of quaternary nitrogens is 1. The summed E-state index contributed by atoms with van der Waals surface area (Å²) in [7, 11) is 0. The molecular formula is C20H28ClN4O2+. The summed E-state index contributed by atoms with van der Waals surface area (Å²) < 4.78 is -0.430. The molecule has 0 aromatic heterocycles. The van der Waals surface area contributed by atoms with Crippen molar-refractivity contribution in [2.75, 3.05) is 24.5 Å². The molecule has 146 valence electrons. The molecule has 3 heterocycles. The summed E-state index contributed by atoms with van der Waals surface area (Å²) in [5.41, 5.74) is 7.38. The van der Waals surface area contributed by atoms with Gasteiger partial charge >= 0.3 is 12.1 Å². The maximum absolute atomic E-state index is 13.5. The fraction of sp³-hybridized carbons (Fsp3) is 0.600. The van der Waals surface area contributed by atoms with Gasteiger partial charge in [0.2, 0.25) is 0 Å². The van der Waals surface area contributed by atoms with Crippen LogP contribution in [-0.2, 0) is 0 Å². The molecule has 0 spiro atoms. The Kier molecular flexibility index (Phi) is 4.48. The van der Waals surface area contributed by atoms with E-state index in [1.54, 1.807) is 23.1 Å². The molecule has 4 amide bonds. The third kappa shape index (κ3) is 2.61. The van der Waals surface area contributed by atoms with Crippen LogP contribution < -0.4 is 15.1 Å². The van der Waals surface area contributed by atoms with Crippen molar-refractivity contribution < 1.29 is 9.59 Å². The minimum Gasteiger partial charge on any atom is -0.318 e. The number of halogens is 1. The summed E-state index contributed by atoms with van der Waals surface area (Å²) in [6.45, 7) is 6.53. The van der Waals surface area contributed by atoms with Crippen LogP contribution in [0.2, 0.25) is 5.02 Å². The molecule has 7 heteroatoms. The SMILES string of the molecule is CC(C)N1C(=O)[N+](CCC23CCCN2CCC3)(C(N)=O)c2ccc(Cl)cc21. The smallest absolute Gasteiger partial charge is 0.318 e. The molecule has 1 atom stereocenters. The Bertz CT molecular complexity index is 786. The number of hydrogen-bond donors (Lipinski definition) is 1. The Hall–Kier alpha value is -1.63. The topological polar surface area (TPSA) is 66.6 Å². The number of anilines is 1.